The lowest BCUT2D eigenvalue weighted by Gasteiger charge is -2.24. The maximum absolute atomic E-state index is 13.3. The van der Waals surface area contributed by atoms with Crippen molar-refractivity contribution in [2.45, 2.75) is 12.0 Å². The van der Waals surface area contributed by atoms with E-state index in [0.29, 0.717) is 23.1 Å². The summed E-state index contributed by atoms with van der Waals surface area (Å²) in [4.78, 5) is 14.2. The molecule has 6 heteroatoms. The van der Waals surface area contributed by atoms with Crippen LogP contribution in [0.3, 0.4) is 0 Å². The Bertz CT molecular complexity index is 979. The maximum Gasteiger partial charge on any atom is 0.238 e. The number of hydrogen-bond acceptors (Lipinski definition) is 3. The van der Waals surface area contributed by atoms with Crippen LogP contribution in [-0.4, -0.2) is 11.7 Å². The predicted octanol–water partition coefficient (Wildman–Crippen LogP) is 5.84. The normalized spacial score (nSPS) is 16.4. The number of anilines is 1. The fraction of sp³-hybridized carbons (Fsp3) is 0.136. The number of carbonyl (C=O) groups excluding carboxylic acids is 1. The first-order valence-corrected chi connectivity index (χ1v) is 10.2. The number of carbonyl (C=O) groups is 1. The number of amides is 1. The third kappa shape index (κ3) is 4.16. The second-order valence-electron chi connectivity index (χ2n) is 6.39. The van der Waals surface area contributed by atoms with Crippen molar-refractivity contribution in [3.05, 3.63) is 94.8 Å². The summed E-state index contributed by atoms with van der Waals surface area (Å²) in [5, 5.41) is 0.547. The first-order chi connectivity index (χ1) is 13.6. The Labute approximate surface area is 172 Å². The molecule has 0 N–H and O–H groups in total. The van der Waals surface area contributed by atoms with Crippen LogP contribution in [-0.2, 0) is 11.4 Å². The van der Waals surface area contributed by atoms with Gasteiger partial charge in [-0.1, -0.05) is 35.9 Å². The molecule has 1 atom stereocenters. The summed E-state index contributed by atoms with van der Waals surface area (Å²) in [6.45, 7) is 0.296. The Morgan fingerprint density at radius 2 is 1.82 bits per heavy atom. The Morgan fingerprint density at radius 1 is 1.07 bits per heavy atom. The quantitative estimate of drug-likeness (QED) is 0.526. The van der Waals surface area contributed by atoms with Crippen molar-refractivity contribution < 1.29 is 13.9 Å². The van der Waals surface area contributed by atoms with Gasteiger partial charge in [0, 0.05) is 10.7 Å². The molecule has 0 spiro atoms. The molecule has 1 saturated heterocycles. The lowest BCUT2D eigenvalue weighted by Crippen LogP contribution is -2.27. The van der Waals surface area contributed by atoms with Gasteiger partial charge in [0.25, 0.3) is 0 Å². The highest BCUT2D eigenvalue weighted by atomic mass is 35.5. The third-order valence-corrected chi connectivity index (χ3v) is 5.90. The number of ether oxygens (including phenoxy) is 1. The summed E-state index contributed by atoms with van der Waals surface area (Å²) in [5.41, 5.74) is 2.62. The molecule has 28 heavy (non-hydrogen) atoms. The molecule has 3 aromatic rings. The van der Waals surface area contributed by atoms with Crippen LogP contribution in [0.5, 0.6) is 5.75 Å². The predicted molar refractivity (Wildman–Crippen MR) is 111 cm³/mol. The number of halogens is 2. The zero-order chi connectivity index (χ0) is 19.5. The highest BCUT2D eigenvalue weighted by molar-refractivity contribution is 8.00. The van der Waals surface area contributed by atoms with Crippen LogP contribution in [0.2, 0.25) is 5.02 Å². The molecule has 1 fully saturated rings. The highest BCUT2D eigenvalue weighted by Crippen LogP contribution is 2.42. The van der Waals surface area contributed by atoms with Crippen molar-refractivity contribution in [3.63, 3.8) is 0 Å². The van der Waals surface area contributed by atoms with Gasteiger partial charge in [-0.3, -0.25) is 9.69 Å². The van der Waals surface area contributed by atoms with Gasteiger partial charge < -0.3 is 4.74 Å². The van der Waals surface area contributed by atoms with Crippen LogP contribution in [0.1, 0.15) is 16.5 Å². The Hall–Kier alpha value is -2.50. The summed E-state index contributed by atoms with van der Waals surface area (Å²) in [6, 6.07) is 21.3. The molecule has 0 bridgehead atoms. The van der Waals surface area contributed by atoms with E-state index in [1.807, 2.05) is 42.5 Å². The summed E-state index contributed by atoms with van der Waals surface area (Å²) < 4.78 is 19.0. The van der Waals surface area contributed by atoms with Gasteiger partial charge in [0.05, 0.1) is 5.75 Å². The van der Waals surface area contributed by atoms with E-state index in [0.717, 1.165) is 16.8 Å². The van der Waals surface area contributed by atoms with Gasteiger partial charge in [-0.05, 0) is 59.7 Å². The molecule has 0 radical (unpaired) electrons. The second-order valence-corrected chi connectivity index (χ2v) is 7.90. The van der Waals surface area contributed by atoms with Gasteiger partial charge in [0.1, 0.15) is 23.5 Å². The molecule has 0 saturated carbocycles. The van der Waals surface area contributed by atoms with Crippen molar-refractivity contribution in [3.8, 4) is 5.75 Å². The minimum absolute atomic E-state index is 0.0729. The minimum atomic E-state index is -0.276. The van der Waals surface area contributed by atoms with Gasteiger partial charge in [-0.25, -0.2) is 4.39 Å². The molecule has 3 nitrogen and oxygen atoms in total. The molecule has 0 unspecified atom stereocenters. The first-order valence-electron chi connectivity index (χ1n) is 8.76. The molecule has 4 rings (SSSR count). The lowest BCUT2D eigenvalue weighted by atomic mass is 10.1. The molecule has 1 aliphatic heterocycles. The number of rotatable bonds is 5. The van der Waals surface area contributed by atoms with Crippen molar-refractivity contribution >= 4 is 35.0 Å². The number of nitrogens with zero attached hydrogens (tertiary/aromatic N) is 1. The molecule has 142 valence electrons. The van der Waals surface area contributed by atoms with E-state index in [1.54, 1.807) is 34.9 Å². The number of hydrogen-bond donors (Lipinski definition) is 0. The molecule has 3 aromatic carbocycles. The van der Waals surface area contributed by atoms with E-state index >= 15 is 0 Å². The molecule has 0 aliphatic carbocycles. The summed E-state index contributed by atoms with van der Waals surface area (Å²) in [7, 11) is 0. The average Bonchev–Trinajstić information content (AvgIpc) is 3.09. The van der Waals surface area contributed by atoms with Crippen molar-refractivity contribution in [1.82, 2.24) is 0 Å². The zero-order valence-corrected chi connectivity index (χ0v) is 16.4. The van der Waals surface area contributed by atoms with Crippen LogP contribution in [0.15, 0.2) is 72.8 Å². The molecular formula is C22H17ClFNO2S. The van der Waals surface area contributed by atoms with Crippen LogP contribution in [0.4, 0.5) is 10.1 Å². The second kappa shape index (κ2) is 8.25. The van der Waals surface area contributed by atoms with Gasteiger partial charge >= 0.3 is 0 Å². The standard InChI is InChI=1S/C22H17ClFNO2S/c23-17-6-8-19(9-7-17)25-21(26)14-28-22(25)16-4-10-20(11-5-16)27-13-15-2-1-3-18(24)12-15/h1-12,22H,13-14H2/t22-/m0/s1. The van der Waals surface area contributed by atoms with E-state index in [1.165, 1.54) is 12.1 Å². The SMILES string of the molecule is O=C1CS[C@@H](c2ccc(OCc3cccc(F)c3)cc2)N1c1ccc(Cl)cc1. The van der Waals surface area contributed by atoms with E-state index in [4.69, 9.17) is 16.3 Å². The van der Waals surface area contributed by atoms with Crippen molar-refractivity contribution in [1.29, 1.82) is 0 Å². The monoisotopic (exact) mass is 413 g/mol. The Kier molecular flexibility index (Phi) is 5.55. The maximum atomic E-state index is 13.3. The summed E-state index contributed by atoms with van der Waals surface area (Å²) in [5.74, 6) is 0.927. The summed E-state index contributed by atoms with van der Waals surface area (Å²) in [6.07, 6.45) is 0. The van der Waals surface area contributed by atoms with E-state index in [9.17, 15) is 9.18 Å². The summed E-state index contributed by atoms with van der Waals surface area (Å²) >= 11 is 7.55. The van der Waals surface area contributed by atoms with Gasteiger partial charge in [0.2, 0.25) is 5.91 Å². The first kappa shape index (κ1) is 18.8. The highest BCUT2D eigenvalue weighted by Gasteiger charge is 2.33. The van der Waals surface area contributed by atoms with Gasteiger partial charge in [0.15, 0.2) is 0 Å². The topological polar surface area (TPSA) is 29.5 Å². The van der Waals surface area contributed by atoms with Gasteiger partial charge in [-0.15, -0.1) is 11.8 Å². The van der Waals surface area contributed by atoms with Crippen molar-refractivity contribution in [2.24, 2.45) is 0 Å². The number of benzene rings is 3. The van der Waals surface area contributed by atoms with E-state index in [2.05, 4.69) is 0 Å². The molecule has 1 amide bonds. The third-order valence-electron chi connectivity index (χ3n) is 4.43. The molecule has 1 heterocycles. The van der Waals surface area contributed by atoms with Crippen LogP contribution < -0.4 is 9.64 Å². The molecule has 1 aliphatic rings. The van der Waals surface area contributed by atoms with Crippen LogP contribution in [0, 0.1) is 5.82 Å². The molecular weight excluding hydrogens is 397 g/mol. The fourth-order valence-electron chi connectivity index (χ4n) is 3.07. The zero-order valence-electron chi connectivity index (χ0n) is 14.8. The Balaban J connectivity index is 1.48. The van der Waals surface area contributed by atoms with E-state index in [-0.39, 0.29) is 17.1 Å². The van der Waals surface area contributed by atoms with Gasteiger partial charge in [-0.2, -0.15) is 0 Å². The fourth-order valence-corrected chi connectivity index (χ4v) is 4.38. The average molecular weight is 414 g/mol. The van der Waals surface area contributed by atoms with Crippen LogP contribution >= 0.6 is 23.4 Å². The van der Waals surface area contributed by atoms with Crippen LogP contribution in [0.25, 0.3) is 0 Å². The lowest BCUT2D eigenvalue weighted by molar-refractivity contribution is -0.115. The van der Waals surface area contributed by atoms with E-state index < -0.39 is 0 Å². The molecule has 0 aromatic heterocycles. The van der Waals surface area contributed by atoms with Crippen molar-refractivity contribution in [2.75, 3.05) is 10.7 Å². The minimum Gasteiger partial charge on any atom is -0.489 e. The number of thioether (sulfide) groups is 1. The smallest absolute Gasteiger partial charge is 0.238 e. The Morgan fingerprint density at radius 3 is 2.54 bits per heavy atom. The largest absolute Gasteiger partial charge is 0.489 e.